The molecule has 1 N–H and O–H groups in total. The summed E-state index contributed by atoms with van der Waals surface area (Å²) >= 11 is 0. The molecule has 0 radical (unpaired) electrons. The molecular weight excluding hydrogens is 222 g/mol. The van der Waals surface area contributed by atoms with E-state index in [-0.39, 0.29) is 6.61 Å². The van der Waals surface area contributed by atoms with Gasteiger partial charge in [0, 0.05) is 23.9 Å². The maximum absolute atomic E-state index is 9.42. The summed E-state index contributed by atoms with van der Waals surface area (Å²) in [5.74, 6) is 0. The first-order valence-electron chi connectivity index (χ1n) is 6.60. The highest BCUT2D eigenvalue weighted by atomic mass is 16.3. The van der Waals surface area contributed by atoms with E-state index in [4.69, 9.17) is 0 Å². The zero-order valence-electron chi connectivity index (χ0n) is 11.1. The van der Waals surface area contributed by atoms with E-state index in [1.165, 1.54) is 11.3 Å². The summed E-state index contributed by atoms with van der Waals surface area (Å²) in [6, 6.07) is 15.1. The highest BCUT2D eigenvalue weighted by Gasteiger charge is 2.12. The van der Waals surface area contributed by atoms with Gasteiger partial charge in [0.25, 0.3) is 0 Å². The minimum absolute atomic E-state index is 0.110. The molecule has 2 aromatic rings. The molecule has 1 heterocycles. The van der Waals surface area contributed by atoms with Gasteiger partial charge in [-0.05, 0) is 31.0 Å². The van der Waals surface area contributed by atoms with Crippen molar-refractivity contribution in [3.05, 3.63) is 59.4 Å². The molecular formula is C16H21NO. The van der Waals surface area contributed by atoms with E-state index >= 15 is 0 Å². The third kappa shape index (κ3) is 2.65. The number of aliphatic hydroxyl groups excluding tert-OH is 1. The van der Waals surface area contributed by atoms with Crippen LogP contribution in [-0.2, 0) is 13.0 Å². The van der Waals surface area contributed by atoms with E-state index in [1.54, 1.807) is 0 Å². The number of benzene rings is 1. The summed E-state index contributed by atoms with van der Waals surface area (Å²) in [6.45, 7) is 4.49. The van der Waals surface area contributed by atoms with Crippen LogP contribution in [-0.4, -0.2) is 9.67 Å². The van der Waals surface area contributed by atoms with Crippen molar-refractivity contribution in [2.45, 2.75) is 39.3 Å². The standard InChI is InChI=1S/C16H21NO/c1-3-13(2)17-15(9-10-16(17)12-18)11-14-7-5-4-6-8-14/h4-10,13,18H,3,11-12H2,1-2H3/t13-/m0/s1. The van der Waals surface area contributed by atoms with Crippen molar-refractivity contribution >= 4 is 0 Å². The molecule has 0 bridgehead atoms. The average Bonchev–Trinajstić information content (AvgIpc) is 2.82. The maximum atomic E-state index is 9.42. The molecule has 2 heteroatoms. The summed E-state index contributed by atoms with van der Waals surface area (Å²) in [7, 11) is 0. The number of hydrogen-bond donors (Lipinski definition) is 1. The Morgan fingerprint density at radius 2 is 1.72 bits per heavy atom. The van der Waals surface area contributed by atoms with Crippen LogP contribution in [0.4, 0.5) is 0 Å². The molecule has 1 aromatic heterocycles. The topological polar surface area (TPSA) is 25.2 Å². The Balaban J connectivity index is 2.30. The van der Waals surface area contributed by atoms with Gasteiger partial charge in [0.1, 0.15) is 0 Å². The van der Waals surface area contributed by atoms with Crippen molar-refractivity contribution in [2.75, 3.05) is 0 Å². The Bertz CT molecular complexity index is 487. The molecule has 0 fully saturated rings. The van der Waals surface area contributed by atoms with Crippen LogP contribution >= 0.6 is 0 Å². The summed E-state index contributed by atoms with van der Waals surface area (Å²) in [6.07, 6.45) is 1.99. The van der Waals surface area contributed by atoms with Crippen LogP contribution in [0.1, 0.15) is 43.3 Å². The van der Waals surface area contributed by atoms with Crippen LogP contribution in [0.2, 0.25) is 0 Å². The van der Waals surface area contributed by atoms with Crippen molar-refractivity contribution in [3.63, 3.8) is 0 Å². The van der Waals surface area contributed by atoms with Crippen molar-refractivity contribution < 1.29 is 5.11 Å². The van der Waals surface area contributed by atoms with Crippen molar-refractivity contribution in [3.8, 4) is 0 Å². The fourth-order valence-electron chi connectivity index (χ4n) is 2.36. The molecule has 1 atom stereocenters. The molecule has 0 amide bonds. The van der Waals surface area contributed by atoms with Gasteiger partial charge in [-0.2, -0.15) is 0 Å². The minimum Gasteiger partial charge on any atom is -0.390 e. The molecule has 0 spiro atoms. The smallest absolute Gasteiger partial charge is 0.0833 e. The first-order valence-corrected chi connectivity index (χ1v) is 6.60. The lowest BCUT2D eigenvalue weighted by molar-refractivity contribution is 0.265. The van der Waals surface area contributed by atoms with E-state index in [0.29, 0.717) is 6.04 Å². The predicted octanol–water partition coefficient (Wildman–Crippen LogP) is 3.54. The van der Waals surface area contributed by atoms with Crippen molar-refractivity contribution in [1.29, 1.82) is 0 Å². The van der Waals surface area contributed by atoms with Crippen LogP contribution in [0, 0.1) is 0 Å². The van der Waals surface area contributed by atoms with Gasteiger partial charge in [-0.3, -0.25) is 0 Å². The summed E-state index contributed by atoms with van der Waals surface area (Å²) in [5, 5.41) is 9.42. The van der Waals surface area contributed by atoms with Crippen molar-refractivity contribution in [2.24, 2.45) is 0 Å². The molecule has 0 aliphatic carbocycles. The lowest BCUT2D eigenvalue weighted by Gasteiger charge is -2.19. The largest absolute Gasteiger partial charge is 0.390 e. The highest BCUT2D eigenvalue weighted by molar-refractivity contribution is 5.25. The van der Waals surface area contributed by atoms with Crippen LogP contribution in [0.5, 0.6) is 0 Å². The second-order valence-electron chi connectivity index (χ2n) is 4.76. The Morgan fingerprint density at radius 1 is 1.06 bits per heavy atom. The lowest BCUT2D eigenvalue weighted by Crippen LogP contribution is -2.11. The van der Waals surface area contributed by atoms with Gasteiger partial charge >= 0.3 is 0 Å². The highest BCUT2D eigenvalue weighted by Crippen LogP contribution is 2.21. The van der Waals surface area contributed by atoms with Crippen LogP contribution in [0.15, 0.2) is 42.5 Å². The van der Waals surface area contributed by atoms with E-state index in [2.05, 4.69) is 48.7 Å². The number of nitrogens with zero attached hydrogens (tertiary/aromatic N) is 1. The Morgan fingerprint density at radius 3 is 2.33 bits per heavy atom. The molecule has 0 saturated carbocycles. The Labute approximate surface area is 109 Å². The zero-order valence-corrected chi connectivity index (χ0v) is 11.1. The van der Waals surface area contributed by atoms with Crippen LogP contribution in [0.3, 0.4) is 0 Å². The zero-order chi connectivity index (χ0) is 13.0. The van der Waals surface area contributed by atoms with Gasteiger partial charge in [-0.25, -0.2) is 0 Å². The van der Waals surface area contributed by atoms with E-state index in [0.717, 1.165) is 18.5 Å². The Kier molecular flexibility index (Phi) is 4.21. The summed E-state index contributed by atoms with van der Waals surface area (Å²) < 4.78 is 2.27. The number of hydrogen-bond acceptors (Lipinski definition) is 1. The molecule has 2 rings (SSSR count). The fraction of sp³-hybridized carbons (Fsp3) is 0.375. The predicted molar refractivity (Wildman–Crippen MR) is 74.6 cm³/mol. The van der Waals surface area contributed by atoms with Crippen LogP contribution < -0.4 is 0 Å². The number of aromatic nitrogens is 1. The molecule has 1 aromatic carbocycles. The monoisotopic (exact) mass is 243 g/mol. The van der Waals surface area contributed by atoms with Gasteiger partial charge in [0.15, 0.2) is 0 Å². The van der Waals surface area contributed by atoms with E-state index in [1.807, 2.05) is 12.1 Å². The average molecular weight is 243 g/mol. The van der Waals surface area contributed by atoms with Crippen LogP contribution in [0.25, 0.3) is 0 Å². The second kappa shape index (κ2) is 5.87. The van der Waals surface area contributed by atoms with Gasteiger partial charge in [0.2, 0.25) is 0 Å². The molecule has 2 nitrogen and oxygen atoms in total. The third-order valence-corrected chi connectivity index (χ3v) is 3.51. The molecule has 0 aliphatic heterocycles. The number of aliphatic hydroxyl groups is 1. The minimum atomic E-state index is 0.110. The molecule has 0 unspecified atom stereocenters. The lowest BCUT2D eigenvalue weighted by atomic mass is 10.1. The number of rotatable bonds is 5. The SMILES string of the molecule is CC[C@H](C)n1c(CO)ccc1Cc1ccccc1. The molecule has 0 aliphatic rings. The summed E-state index contributed by atoms with van der Waals surface area (Å²) in [4.78, 5) is 0. The molecule has 18 heavy (non-hydrogen) atoms. The van der Waals surface area contributed by atoms with E-state index in [9.17, 15) is 5.11 Å². The normalized spacial score (nSPS) is 12.6. The van der Waals surface area contributed by atoms with E-state index < -0.39 is 0 Å². The maximum Gasteiger partial charge on any atom is 0.0833 e. The molecule has 0 saturated heterocycles. The first-order chi connectivity index (χ1) is 8.76. The third-order valence-electron chi connectivity index (χ3n) is 3.51. The second-order valence-corrected chi connectivity index (χ2v) is 4.76. The molecule has 96 valence electrons. The van der Waals surface area contributed by atoms with Gasteiger partial charge in [0.05, 0.1) is 6.61 Å². The van der Waals surface area contributed by atoms with Crippen molar-refractivity contribution in [1.82, 2.24) is 4.57 Å². The summed E-state index contributed by atoms with van der Waals surface area (Å²) in [5.41, 5.74) is 3.60. The first kappa shape index (κ1) is 12.9. The van der Waals surface area contributed by atoms with Gasteiger partial charge in [-0.15, -0.1) is 0 Å². The Hall–Kier alpha value is -1.54. The fourth-order valence-corrected chi connectivity index (χ4v) is 2.36. The quantitative estimate of drug-likeness (QED) is 0.853. The van der Waals surface area contributed by atoms with Gasteiger partial charge in [-0.1, -0.05) is 37.3 Å². The van der Waals surface area contributed by atoms with Gasteiger partial charge < -0.3 is 9.67 Å².